The molecule has 10 nitrogen and oxygen atoms in total. The van der Waals surface area contributed by atoms with Crippen LogP contribution in [0.4, 0.5) is 35.2 Å². The average molecular weight is 597 g/mol. The number of rotatable bonds is 5. The van der Waals surface area contributed by atoms with Gasteiger partial charge in [0.15, 0.2) is 17.0 Å². The standard InChI is InChI=1S/C25H24ClF3N8O2.ClH/c1-24(2,3)19(30)22(38)36-20-18-21(32-11-31-20)37(12-33-18)15-7-4-13(5-8-15)34-23(39)35-14-6-9-17(26)16(10-14)25(27,28)29;/h4-12,19H,30H2,1-3H3,(H2,34,35,39)(H,31,32,36,38);1H. The molecule has 0 saturated carbocycles. The highest BCUT2D eigenvalue weighted by molar-refractivity contribution is 6.31. The van der Waals surface area contributed by atoms with Crippen molar-refractivity contribution in [2.75, 3.05) is 16.0 Å². The molecule has 15 heteroatoms. The lowest BCUT2D eigenvalue weighted by molar-refractivity contribution is -0.137. The van der Waals surface area contributed by atoms with Crippen LogP contribution in [-0.2, 0) is 11.0 Å². The van der Waals surface area contributed by atoms with Gasteiger partial charge in [-0.2, -0.15) is 13.2 Å². The number of hydrogen-bond donors (Lipinski definition) is 4. The van der Waals surface area contributed by atoms with Gasteiger partial charge in [-0.3, -0.25) is 9.36 Å². The normalized spacial score (nSPS) is 12.4. The van der Waals surface area contributed by atoms with Gasteiger partial charge >= 0.3 is 12.2 Å². The number of carbonyl (C=O) groups excluding carboxylic acids is 2. The van der Waals surface area contributed by atoms with E-state index in [0.717, 1.165) is 12.1 Å². The molecule has 0 saturated heterocycles. The summed E-state index contributed by atoms with van der Waals surface area (Å²) in [5, 5.41) is 7.14. The van der Waals surface area contributed by atoms with Crippen LogP contribution in [0.1, 0.15) is 26.3 Å². The van der Waals surface area contributed by atoms with Gasteiger partial charge in [-0.25, -0.2) is 19.7 Å². The Bertz CT molecular complexity index is 1540. The molecular formula is C25H25Cl2F3N8O2. The summed E-state index contributed by atoms with van der Waals surface area (Å²) in [6.45, 7) is 5.56. The molecule has 212 valence electrons. The van der Waals surface area contributed by atoms with Gasteiger partial charge in [0.05, 0.1) is 16.6 Å². The maximum absolute atomic E-state index is 13.1. The number of nitrogens with one attached hydrogen (secondary N) is 3. The third-order valence-corrected chi connectivity index (χ3v) is 6.05. The second-order valence-corrected chi connectivity index (χ2v) is 10.1. The number of nitrogens with two attached hydrogens (primary N) is 1. The Balaban J connectivity index is 0.00000441. The molecule has 2 aromatic heterocycles. The van der Waals surface area contributed by atoms with E-state index in [1.807, 2.05) is 20.8 Å². The molecule has 0 spiro atoms. The van der Waals surface area contributed by atoms with Crippen molar-refractivity contribution in [1.82, 2.24) is 19.5 Å². The lowest BCUT2D eigenvalue weighted by Gasteiger charge is -2.25. The van der Waals surface area contributed by atoms with Crippen LogP contribution in [-0.4, -0.2) is 37.5 Å². The second kappa shape index (κ2) is 11.7. The Morgan fingerprint density at radius 1 is 0.950 bits per heavy atom. The van der Waals surface area contributed by atoms with Crippen molar-refractivity contribution in [1.29, 1.82) is 0 Å². The third kappa shape index (κ3) is 6.79. The van der Waals surface area contributed by atoms with Gasteiger partial charge in [0.1, 0.15) is 12.7 Å². The molecule has 4 rings (SSSR count). The van der Waals surface area contributed by atoms with Crippen molar-refractivity contribution in [3.8, 4) is 5.69 Å². The molecule has 0 bridgehead atoms. The molecule has 2 heterocycles. The zero-order valence-corrected chi connectivity index (χ0v) is 22.9. The predicted molar refractivity (Wildman–Crippen MR) is 149 cm³/mol. The van der Waals surface area contributed by atoms with Gasteiger partial charge in [0.2, 0.25) is 5.91 Å². The van der Waals surface area contributed by atoms with Crippen molar-refractivity contribution in [3.05, 3.63) is 65.7 Å². The third-order valence-electron chi connectivity index (χ3n) is 5.72. The molecule has 1 unspecified atom stereocenters. The highest BCUT2D eigenvalue weighted by atomic mass is 35.5. The fraction of sp³-hybridized carbons (Fsp3) is 0.240. The number of urea groups is 1. The van der Waals surface area contributed by atoms with Gasteiger partial charge in [-0.15, -0.1) is 12.4 Å². The zero-order chi connectivity index (χ0) is 28.5. The molecule has 5 N–H and O–H groups in total. The summed E-state index contributed by atoms with van der Waals surface area (Å²) in [6.07, 6.45) is -1.86. The van der Waals surface area contributed by atoms with Crippen LogP contribution in [0.25, 0.3) is 16.9 Å². The average Bonchev–Trinajstić information content (AvgIpc) is 3.29. The Kier molecular flexibility index (Phi) is 8.92. The van der Waals surface area contributed by atoms with Crippen LogP contribution < -0.4 is 21.7 Å². The van der Waals surface area contributed by atoms with Crippen molar-refractivity contribution in [3.63, 3.8) is 0 Å². The summed E-state index contributed by atoms with van der Waals surface area (Å²) < 4.78 is 40.9. The molecule has 4 aromatic rings. The van der Waals surface area contributed by atoms with Crippen molar-refractivity contribution in [2.45, 2.75) is 33.0 Å². The summed E-state index contributed by atoms with van der Waals surface area (Å²) in [6, 6.07) is 8.11. The number of aromatic nitrogens is 4. The number of hydrogen-bond acceptors (Lipinski definition) is 6. The zero-order valence-electron chi connectivity index (χ0n) is 21.4. The number of anilines is 3. The minimum atomic E-state index is -4.66. The van der Waals surface area contributed by atoms with Gasteiger partial charge in [-0.1, -0.05) is 32.4 Å². The molecule has 0 aliphatic carbocycles. The molecule has 0 aliphatic rings. The highest BCUT2D eigenvalue weighted by Crippen LogP contribution is 2.36. The topological polar surface area (TPSA) is 140 Å². The molecule has 2 aromatic carbocycles. The molecule has 0 radical (unpaired) electrons. The lowest BCUT2D eigenvalue weighted by Crippen LogP contribution is -2.45. The van der Waals surface area contributed by atoms with E-state index in [-0.39, 0.29) is 23.9 Å². The van der Waals surface area contributed by atoms with E-state index >= 15 is 0 Å². The van der Waals surface area contributed by atoms with E-state index in [1.54, 1.807) is 28.8 Å². The molecule has 1 atom stereocenters. The summed E-state index contributed by atoms with van der Waals surface area (Å²) in [4.78, 5) is 37.6. The number of benzene rings is 2. The number of amides is 3. The predicted octanol–water partition coefficient (Wildman–Crippen LogP) is 5.87. The maximum atomic E-state index is 13.1. The number of imidazole rings is 1. The van der Waals surface area contributed by atoms with Crippen molar-refractivity contribution >= 4 is 64.3 Å². The van der Waals surface area contributed by atoms with E-state index < -0.39 is 40.2 Å². The van der Waals surface area contributed by atoms with E-state index in [1.165, 1.54) is 18.7 Å². The summed E-state index contributed by atoms with van der Waals surface area (Å²) >= 11 is 5.61. The van der Waals surface area contributed by atoms with Crippen LogP contribution in [0.2, 0.25) is 5.02 Å². The van der Waals surface area contributed by atoms with Gasteiger partial charge in [0, 0.05) is 17.1 Å². The first-order valence-corrected chi connectivity index (χ1v) is 11.9. The Morgan fingerprint density at radius 2 is 1.57 bits per heavy atom. The Labute approximate surface area is 237 Å². The minimum Gasteiger partial charge on any atom is -0.319 e. The SMILES string of the molecule is CC(C)(C)C(N)C(=O)Nc1ncnc2c1ncn2-c1ccc(NC(=O)Nc2ccc(Cl)c(C(F)(F)F)c2)cc1.Cl. The number of nitrogens with zero attached hydrogens (tertiary/aromatic N) is 4. The van der Waals surface area contributed by atoms with Crippen LogP contribution >= 0.6 is 24.0 Å². The Morgan fingerprint density at radius 3 is 2.20 bits per heavy atom. The minimum absolute atomic E-state index is 0. The molecule has 0 aliphatic heterocycles. The van der Waals surface area contributed by atoms with Crippen LogP contribution in [0, 0.1) is 5.41 Å². The number of carbonyl (C=O) groups is 2. The Hall–Kier alpha value is -3.94. The van der Waals surface area contributed by atoms with Crippen LogP contribution in [0.3, 0.4) is 0 Å². The second-order valence-electron chi connectivity index (χ2n) is 9.66. The fourth-order valence-electron chi connectivity index (χ4n) is 3.52. The first kappa shape index (κ1) is 30.6. The van der Waals surface area contributed by atoms with Gasteiger partial charge in [-0.05, 0) is 47.9 Å². The fourth-order valence-corrected chi connectivity index (χ4v) is 3.75. The number of alkyl halides is 3. The number of halogens is 5. The summed E-state index contributed by atoms with van der Waals surface area (Å²) in [5.74, 6) is -0.187. The lowest BCUT2D eigenvalue weighted by atomic mass is 9.87. The first-order chi connectivity index (χ1) is 18.2. The maximum Gasteiger partial charge on any atom is 0.417 e. The smallest absolute Gasteiger partial charge is 0.319 e. The van der Waals surface area contributed by atoms with Gasteiger partial charge < -0.3 is 21.7 Å². The van der Waals surface area contributed by atoms with E-state index in [4.69, 9.17) is 17.3 Å². The molecule has 40 heavy (non-hydrogen) atoms. The highest BCUT2D eigenvalue weighted by Gasteiger charge is 2.33. The van der Waals surface area contributed by atoms with Crippen molar-refractivity contribution < 1.29 is 22.8 Å². The largest absolute Gasteiger partial charge is 0.417 e. The monoisotopic (exact) mass is 596 g/mol. The van der Waals surface area contributed by atoms with E-state index in [9.17, 15) is 22.8 Å². The summed E-state index contributed by atoms with van der Waals surface area (Å²) in [7, 11) is 0. The van der Waals surface area contributed by atoms with E-state index in [2.05, 4.69) is 30.9 Å². The summed E-state index contributed by atoms with van der Waals surface area (Å²) in [5.41, 5.74) is 6.25. The molecule has 0 fully saturated rings. The van der Waals surface area contributed by atoms with Crippen LogP contribution in [0.5, 0.6) is 0 Å². The molecule has 3 amide bonds. The number of fused-ring (bicyclic) bond motifs is 1. The first-order valence-electron chi connectivity index (χ1n) is 11.5. The quantitative estimate of drug-likeness (QED) is 0.227. The van der Waals surface area contributed by atoms with Crippen LogP contribution in [0.15, 0.2) is 55.1 Å². The van der Waals surface area contributed by atoms with Gasteiger partial charge in [0.25, 0.3) is 0 Å². The molecular weight excluding hydrogens is 572 g/mol. The van der Waals surface area contributed by atoms with E-state index in [0.29, 0.717) is 22.5 Å². The van der Waals surface area contributed by atoms with Crippen molar-refractivity contribution in [2.24, 2.45) is 11.1 Å².